The van der Waals surface area contributed by atoms with Crippen molar-refractivity contribution in [1.82, 2.24) is 10.3 Å². The maximum atomic E-state index is 10.8. The van der Waals surface area contributed by atoms with Gasteiger partial charge in [0.2, 0.25) is 0 Å². The van der Waals surface area contributed by atoms with Crippen LogP contribution in [-0.4, -0.2) is 9.91 Å². The summed E-state index contributed by atoms with van der Waals surface area (Å²) in [5, 5.41) is 15.2. The van der Waals surface area contributed by atoms with Crippen LogP contribution < -0.4 is 5.32 Å². The van der Waals surface area contributed by atoms with Gasteiger partial charge in [-0.2, -0.15) is 0 Å². The fourth-order valence-corrected chi connectivity index (χ4v) is 2.67. The van der Waals surface area contributed by atoms with Gasteiger partial charge in [-0.3, -0.25) is 10.1 Å². The van der Waals surface area contributed by atoms with Gasteiger partial charge >= 0.3 is 0 Å². The van der Waals surface area contributed by atoms with E-state index < -0.39 is 0 Å². The fourth-order valence-electron chi connectivity index (χ4n) is 1.86. The Kier molecular flexibility index (Phi) is 4.81. The molecule has 0 bridgehead atoms. The molecule has 106 valence electrons. The van der Waals surface area contributed by atoms with Crippen molar-refractivity contribution in [2.45, 2.75) is 32.9 Å². The van der Waals surface area contributed by atoms with E-state index in [2.05, 4.69) is 17.2 Å². The van der Waals surface area contributed by atoms with E-state index >= 15 is 0 Å². The van der Waals surface area contributed by atoms with Crippen LogP contribution in [0.25, 0.3) is 0 Å². The Bertz CT molecular complexity index is 598. The molecule has 2 aromatic rings. The van der Waals surface area contributed by atoms with Gasteiger partial charge in [0.15, 0.2) is 0 Å². The Hall–Kier alpha value is -1.79. The van der Waals surface area contributed by atoms with E-state index in [1.54, 1.807) is 23.5 Å². The zero-order valence-corrected chi connectivity index (χ0v) is 12.3. The van der Waals surface area contributed by atoms with Crippen molar-refractivity contribution in [3.8, 4) is 0 Å². The molecule has 0 fully saturated rings. The summed E-state index contributed by atoms with van der Waals surface area (Å²) >= 11 is 1.70. The van der Waals surface area contributed by atoms with Crippen LogP contribution in [0.4, 0.5) is 5.69 Å². The van der Waals surface area contributed by atoms with Crippen LogP contribution >= 0.6 is 11.3 Å². The molecule has 0 saturated heterocycles. The first-order valence-electron chi connectivity index (χ1n) is 6.51. The monoisotopic (exact) mass is 291 g/mol. The van der Waals surface area contributed by atoms with Crippen molar-refractivity contribution in [3.05, 3.63) is 56.0 Å². The van der Waals surface area contributed by atoms with Crippen LogP contribution in [0.5, 0.6) is 0 Å². The van der Waals surface area contributed by atoms with Gasteiger partial charge in [0.25, 0.3) is 5.69 Å². The molecule has 0 aliphatic rings. The Morgan fingerprint density at radius 2 is 2.30 bits per heavy atom. The third-order valence-electron chi connectivity index (χ3n) is 3.09. The number of aryl methyl sites for hydroxylation is 1. The zero-order chi connectivity index (χ0) is 14.5. The molecule has 1 unspecified atom stereocenters. The maximum Gasteiger partial charge on any atom is 0.269 e. The largest absolute Gasteiger partial charge is 0.304 e. The molecule has 1 aromatic heterocycles. The normalized spacial score (nSPS) is 12.3. The van der Waals surface area contributed by atoms with Crippen molar-refractivity contribution in [2.75, 3.05) is 0 Å². The number of rotatable bonds is 6. The third-order valence-corrected chi connectivity index (χ3v) is 4.23. The highest BCUT2D eigenvalue weighted by atomic mass is 32.1. The first-order valence-corrected chi connectivity index (χ1v) is 7.33. The van der Waals surface area contributed by atoms with E-state index in [-0.39, 0.29) is 16.7 Å². The Labute approximate surface area is 121 Å². The highest BCUT2D eigenvalue weighted by molar-refractivity contribution is 7.11. The molecule has 2 rings (SSSR count). The molecule has 0 radical (unpaired) electrons. The molecule has 1 heterocycles. The first kappa shape index (κ1) is 14.6. The van der Waals surface area contributed by atoms with E-state index in [9.17, 15) is 10.1 Å². The molecule has 20 heavy (non-hydrogen) atoms. The first-order chi connectivity index (χ1) is 9.60. The Morgan fingerprint density at radius 3 is 2.95 bits per heavy atom. The lowest BCUT2D eigenvalue weighted by atomic mass is 10.1. The van der Waals surface area contributed by atoms with Crippen molar-refractivity contribution in [1.29, 1.82) is 0 Å². The standard InChI is InChI=1S/C14H17N3O2S/c1-3-13-8-16-14(20-13)9-15-10(2)11-5-4-6-12(7-11)17(18)19/h4-8,10,15H,3,9H2,1-2H3. The topological polar surface area (TPSA) is 68.1 Å². The lowest BCUT2D eigenvalue weighted by molar-refractivity contribution is -0.384. The highest BCUT2D eigenvalue weighted by Gasteiger charge is 2.11. The second-order valence-corrected chi connectivity index (χ2v) is 5.73. The maximum absolute atomic E-state index is 10.8. The number of nitrogens with zero attached hydrogens (tertiary/aromatic N) is 2. The third kappa shape index (κ3) is 3.61. The molecule has 0 spiro atoms. The van der Waals surface area contributed by atoms with E-state index in [0.29, 0.717) is 6.54 Å². The quantitative estimate of drug-likeness (QED) is 0.653. The molecule has 6 heteroatoms. The minimum atomic E-state index is -0.370. The number of thiazole rings is 1. The molecule has 0 aliphatic heterocycles. The molecule has 0 saturated carbocycles. The van der Waals surface area contributed by atoms with Gasteiger partial charge in [-0.25, -0.2) is 4.98 Å². The second-order valence-electron chi connectivity index (χ2n) is 4.53. The van der Waals surface area contributed by atoms with Crippen LogP contribution in [0.1, 0.15) is 35.3 Å². The predicted molar refractivity (Wildman–Crippen MR) is 79.8 cm³/mol. The summed E-state index contributed by atoms with van der Waals surface area (Å²) in [6, 6.07) is 6.76. The average molecular weight is 291 g/mol. The number of nitro groups is 1. The summed E-state index contributed by atoms with van der Waals surface area (Å²) in [5.41, 5.74) is 1.03. The number of hydrogen-bond acceptors (Lipinski definition) is 5. The van der Waals surface area contributed by atoms with Crippen LogP contribution in [0.2, 0.25) is 0 Å². The van der Waals surface area contributed by atoms with E-state index in [4.69, 9.17) is 0 Å². The van der Waals surface area contributed by atoms with Crippen molar-refractivity contribution in [3.63, 3.8) is 0 Å². The van der Waals surface area contributed by atoms with Crippen molar-refractivity contribution >= 4 is 17.0 Å². The molecule has 0 aliphatic carbocycles. The average Bonchev–Trinajstić information content (AvgIpc) is 2.93. The smallest absolute Gasteiger partial charge is 0.269 e. The number of nitro benzene ring substituents is 1. The van der Waals surface area contributed by atoms with Gasteiger partial charge in [-0.05, 0) is 18.9 Å². The van der Waals surface area contributed by atoms with Gasteiger partial charge in [0, 0.05) is 35.8 Å². The van der Waals surface area contributed by atoms with E-state index in [1.807, 2.05) is 19.2 Å². The van der Waals surface area contributed by atoms with Crippen LogP contribution in [0.3, 0.4) is 0 Å². The van der Waals surface area contributed by atoms with Crippen molar-refractivity contribution < 1.29 is 4.92 Å². The number of hydrogen-bond donors (Lipinski definition) is 1. The van der Waals surface area contributed by atoms with E-state index in [1.165, 1.54) is 10.9 Å². The second kappa shape index (κ2) is 6.58. The molecule has 1 N–H and O–H groups in total. The van der Waals surface area contributed by atoms with Crippen LogP contribution in [0, 0.1) is 10.1 Å². The molecule has 0 amide bonds. The Balaban J connectivity index is 1.99. The van der Waals surface area contributed by atoms with Gasteiger partial charge in [-0.1, -0.05) is 19.1 Å². The molecule has 5 nitrogen and oxygen atoms in total. The number of aromatic nitrogens is 1. The van der Waals surface area contributed by atoms with E-state index in [0.717, 1.165) is 17.0 Å². The predicted octanol–water partition coefficient (Wildman–Crippen LogP) is 3.46. The lowest BCUT2D eigenvalue weighted by Gasteiger charge is -2.12. The zero-order valence-electron chi connectivity index (χ0n) is 11.5. The van der Waals surface area contributed by atoms with Gasteiger partial charge in [0.05, 0.1) is 4.92 Å². The SMILES string of the molecule is CCc1cnc(CNC(C)c2cccc([N+](=O)[O-])c2)s1. The van der Waals surface area contributed by atoms with Crippen molar-refractivity contribution in [2.24, 2.45) is 0 Å². The van der Waals surface area contributed by atoms with Crippen LogP contribution in [0.15, 0.2) is 30.5 Å². The minimum Gasteiger partial charge on any atom is -0.304 e. The van der Waals surface area contributed by atoms with Gasteiger partial charge in [-0.15, -0.1) is 11.3 Å². The number of benzene rings is 1. The summed E-state index contributed by atoms with van der Waals surface area (Å²) in [6.45, 7) is 4.78. The highest BCUT2D eigenvalue weighted by Crippen LogP contribution is 2.20. The molecular weight excluding hydrogens is 274 g/mol. The summed E-state index contributed by atoms with van der Waals surface area (Å²) in [5.74, 6) is 0. The molecule has 1 aromatic carbocycles. The number of nitrogens with one attached hydrogen (secondary N) is 1. The summed E-state index contributed by atoms with van der Waals surface area (Å²) in [7, 11) is 0. The number of non-ortho nitro benzene ring substituents is 1. The molecule has 1 atom stereocenters. The van der Waals surface area contributed by atoms with Crippen LogP contribution in [-0.2, 0) is 13.0 Å². The van der Waals surface area contributed by atoms with Gasteiger partial charge < -0.3 is 5.32 Å². The summed E-state index contributed by atoms with van der Waals surface area (Å²) in [6.07, 6.45) is 2.90. The summed E-state index contributed by atoms with van der Waals surface area (Å²) < 4.78 is 0. The lowest BCUT2D eigenvalue weighted by Crippen LogP contribution is -2.18. The fraction of sp³-hybridized carbons (Fsp3) is 0.357. The Morgan fingerprint density at radius 1 is 1.50 bits per heavy atom. The van der Waals surface area contributed by atoms with Gasteiger partial charge in [0.1, 0.15) is 5.01 Å². The summed E-state index contributed by atoms with van der Waals surface area (Å²) in [4.78, 5) is 16.0. The molecular formula is C14H17N3O2S. The minimum absolute atomic E-state index is 0.0453.